The lowest BCUT2D eigenvalue weighted by molar-refractivity contribution is -0.0574. The van der Waals surface area contributed by atoms with Crippen molar-refractivity contribution in [2.75, 3.05) is 36.4 Å². The molecule has 0 bridgehead atoms. The van der Waals surface area contributed by atoms with E-state index < -0.39 is 35.0 Å². The molecule has 1 aromatic heterocycles. The summed E-state index contributed by atoms with van der Waals surface area (Å²) in [6.45, 7) is 9.35. The molecule has 1 aliphatic heterocycles. The second kappa shape index (κ2) is 13.4. The van der Waals surface area contributed by atoms with Crippen molar-refractivity contribution in [1.82, 2.24) is 29.6 Å². The van der Waals surface area contributed by atoms with E-state index in [1.807, 2.05) is 24.3 Å². The number of halogens is 3. The van der Waals surface area contributed by atoms with Crippen molar-refractivity contribution in [2.45, 2.75) is 51.5 Å². The molecule has 0 unspecified atom stereocenters. The zero-order chi connectivity index (χ0) is 31.4. The molecule has 3 N–H and O–H groups in total. The number of rotatable bonds is 7. The van der Waals surface area contributed by atoms with Crippen LogP contribution in [0, 0.1) is 11.6 Å². The fourth-order valence-electron chi connectivity index (χ4n) is 4.66. The lowest BCUT2D eigenvalue weighted by atomic mass is 9.86. The van der Waals surface area contributed by atoms with Crippen LogP contribution in [0.25, 0.3) is 0 Å². The van der Waals surface area contributed by atoms with Crippen molar-refractivity contribution in [3.63, 3.8) is 0 Å². The fourth-order valence-corrected chi connectivity index (χ4v) is 5.13. The van der Waals surface area contributed by atoms with Crippen LogP contribution >= 0.6 is 24.0 Å². The first-order valence-corrected chi connectivity index (χ1v) is 14.4. The summed E-state index contributed by atoms with van der Waals surface area (Å²) in [4.78, 5) is 19.1. The maximum absolute atomic E-state index is 15.2. The summed E-state index contributed by atoms with van der Waals surface area (Å²) in [5, 5.41) is 20.4. The van der Waals surface area contributed by atoms with Crippen LogP contribution < -0.4 is 15.6 Å². The first kappa shape index (κ1) is 32.3. The summed E-state index contributed by atoms with van der Waals surface area (Å²) >= 11 is 11.8. The number of carbonyl (C=O) groups is 1. The number of hydrogen-bond acceptors (Lipinski definition) is 8. The largest absolute Gasteiger partial charge is 0.443 e. The van der Waals surface area contributed by atoms with Gasteiger partial charge < -0.3 is 20.1 Å². The highest BCUT2D eigenvalue weighted by Crippen LogP contribution is 2.33. The molecule has 1 aliphatic rings. The minimum atomic E-state index is -2.11. The van der Waals surface area contributed by atoms with E-state index in [1.165, 1.54) is 29.3 Å². The average Bonchev–Trinajstić information content (AvgIpc) is 3.44. The molecule has 4 rings (SSSR count). The lowest BCUT2D eigenvalue weighted by Gasteiger charge is -2.42. The van der Waals surface area contributed by atoms with Gasteiger partial charge in [0.1, 0.15) is 35.5 Å². The van der Waals surface area contributed by atoms with Crippen LogP contribution in [-0.2, 0) is 16.9 Å². The van der Waals surface area contributed by atoms with E-state index in [0.29, 0.717) is 11.8 Å². The van der Waals surface area contributed by atoms with E-state index in [1.54, 1.807) is 25.2 Å². The molecule has 0 aliphatic carbocycles. The van der Waals surface area contributed by atoms with Crippen LogP contribution in [0.1, 0.15) is 33.3 Å². The number of amides is 1. The van der Waals surface area contributed by atoms with E-state index in [0.717, 1.165) is 44.0 Å². The Bertz CT molecular complexity index is 1400. The summed E-state index contributed by atoms with van der Waals surface area (Å²) < 4.78 is 37.6. The predicted molar refractivity (Wildman–Crippen MR) is 163 cm³/mol. The SMILES string of the molecule is C[C@@H](N(NC(=O)OC(C)(C)C)C(=S)Nc1ccc(N2CCN(Cl)CC2)cc1)[C@](O)(Cn1cncn1)c1ccc(F)cc1F. The monoisotopic (exact) mass is 636 g/mol. The number of aliphatic hydroxyl groups is 1. The Kier molecular flexibility index (Phi) is 10.1. The van der Waals surface area contributed by atoms with Crippen molar-refractivity contribution < 1.29 is 23.4 Å². The number of nitrogens with zero attached hydrogens (tertiary/aromatic N) is 6. The quantitative estimate of drug-likeness (QED) is 0.198. The molecule has 11 nitrogen and oxygen atoms in total. The van der Waals surface area contributed by atoms with Crippen molar-refractivity contribution in [3.05, 3.63) is 72.3 Å². The van der Waals surface area contributed by atoms with Crippen LogP contribution in [0.15, 0.2) is 55.1 Å². The molecular weight excluding hydrogens is 602 g/mol. The van der Waals surface area contributed by atoms with Gasteiger partial charge >= 0.3 is 6.09 Å². The molecule has 2 heterocycles. The summed E-state index contributed by atoms with van der Waals surface area (Å²) in [6.07, 6.45) is 1.74. The average molecular weight is 637 g/mol. The Morgan fingerprint density at radius 1 is 1.16 bits per heavy atom. The maximum Gasteiger partial charge on any atom is 0.426 e. The zero-order valence-corrected chi connectivity index (χ0v) is 25.9. The second-order valence-corrected chi connectivity index (χ2v) is 12.0. The predicted octanol–water partition coefficient (Wildman–Crippen LogP) is 4.25. The zero-order valence-electron chi connectivity index (χ0n) is 24.3. The van der Waals surface area contributed by atoms with Gasteiger partial charge in [-0.15, -0.1) is 0 Å². The fraction of sp³-hybridized carbons (Fsp3) is 0.429. The third-order valence-corrected chi connectivity index (χ3v) is 7.52. The number of nitrogens with one attached hydrogen (secondary N) is 2. The van der Waals surface area contributed by atoms with Gasteiger partial charge in [0.05, 0.1) is 12.6 Å². The molecule has 15 heteroatoms. The summed E-state index contributed by atoms with van der Waals surface area (Å²) in [7, 11) is 0. The first-order chi connectivity index (χ1) is 20.2. The molecule has 0 radical (unpaired) electrons. The number of benzene rings is 2. The van der Waals surface area contributed by atoms with Gasteiger partial charge in [0.2, 0.25) is 0 Å². The number of aromatic nitrogens is 3. The van der Waals surface area contributed by atoms with Crippen LogP contribution in [0.4, 0.5) is 25.0 Å². The van der Waals surface area contributed by atoms with Gasteiger partial charge in [-0.25, -0.2) is 33.1 Å². The lowest BCUT2D eigenvalue weighted by Crippen LogP contribution is -2.61. The third kappa shape index (κ3) is 8.28. The number of hydrazine groups is 1. The van der Waals surface area contributed by atoms with E-state index in [4.69, 9.17) is 28.7 Å². The van der Waals surface area contributed by atoms with Crippen LogP contribution in [0.3, 0.4) is 0 Å². The molecule has 1 amide bonds. The van der Waals surface area contributed by atoms with Gasteiger partial charge in [-0.3, -0.25) is 5.01 Å². The van der Waals surface area contributed by atoms with Crippen molar-refractivity contribution in [1.29, 1.82) is 0 Å². The number of ether oxygens (including phenoxy) is 1. The summed E-state index contributed by atoms with van der Waals surface area (Å²) in [6, 6.07) is 9.20. The Labute approximate surface area is 259 Å². The van der Waals surface area contributed by atoms with Gasteiger partial charge in [0, 0.05) is 49.2 Å². The van der Waals surface area contributed by atoms with Gasteiger partial charge in [0.15, 0.2) is 5.11 Å². The molecule has 1 fully saturated rings. The summed E-state index contributed by atoms with van der Waals surface area (Å²) in [5.74, 6) is -1.80. The molecule has 1 saturated heterocycles. The molecule has 2 aromatic carbocycles. The van der Waals surface area contributed by atoms with Gasteiger partial charge in [-0.05, 0) is 82.0 Å². The number of anilines is 2. The smallest absolute Gasteiger partial charge is 0.426 e. The second-order valence-electron chi connectivity index (χ2n) is 11.2. The van der Waals surface area contributed by atoms with Gasteiger partial charge in [-0.1, -0.05) is 6.07 Å². The van der Waals surface area contributed by atoms with Gasteiger partial charge in [0.25, 0.3) is 0 Å². The normalized spacial score (nSPS) is 16.2. The van der Waals surface area contributed by atoms with Crippen LogP contribution in [0.2, 0.25) is 0 Å². The number of hydrogen-bond donors (Lipinski definition) is 3. The Morgan fingerprint density at radius 2 is 1.84 bits per heavy atom. The number of piperazine rings is 1. The number of carbonyl (C=O) groups excluding carboxylic acids is 1. The Morgan fingerprint density at radius 3 is 2.42 bits per heavy atom. The standard InChI is InChI=1S/C28H35ClF2N8O3S/c1-19(28(41,16-38-18-32-17-33-38)23-10-5-20(30)15-24(23)31)39(35-26(40)42-27(2,3)4)25(43)34-21-6-8-22(9-7-21)36-11-13-37(29)14-12-36/h5-10,15,17-19,41H,11-14,16H2,1-4H3,(H,34,43)(H,35,40)/t19-,28-/m1/s1. The Balaban J connectivity index is 1.64. The maximum atomic E-state index is 15.2. The Hall–Kier alpha value is -3.59. The molecule has 232 valence electrons. The highest BCUT2D eigenvalue weighted by molar-refractivity contribution is 7.80. The van der Waals surface area contributed by atoms with E-state index >= 15 is 4.39 Å². The molecular formula is C28H35ClF2N8O3S. The highest BCUT2D eigenvalue weighted by atomic mass is 35.5. The van der Waals surface area contributed by atoms with E-state index in [9.17, 15) is 14.3 Å². The van der Waals surface area contributed by atoms with Crippen molar-refractivity contribution in [2.24, 2.45) is 0 Å². The third-order valence-electron chi connectivity index (χ3n) is 6.88. The first-order valence-electron chi connectivity index (χ1n) is 13.6. The molecule has 2 atom stereocenters. The molecule has 0 saturated carbocycles. The highest BCUT2D eigenvalue weighted by Gasteiger charge is 2.44. The van der Waals surface area contributed by atoms with E-state index in [2.05, 4.69) is 25.7 Å². The van der Waals surface area contributed by atoms with E-state index in [-0.39, 0.29) is 17.2 Å². The van der Waals surface area contributed by atoms with Crippen LogP contribution in [-0.4, -0.2) is 78.3 Å². The van der Waals surface area contributed by atoms with Crippen LogP contribution in [0.5, 0.6) is 0 Å². The van der Waals surface area contributed by atoms with Crippen molar-refractivity contribution in [3.8, 4) is 0 Å². The minimum absolute atomic E-state index is 0.0265. The van der Waals surface area contributed by atoms with Gasteiger partial charge in [-0.2, -0.15) is 5.10 Å². The molecule has 3 aromatic rings. The number of thiocarbonyl (C=S) groups is 1. The minimum Gasteiger partial charge on any atom is -0.443 e. The summed E-state index contributed by atoms with van der Waals surface area (Å²) in [5.41, 5.74) is 0.995. The van der Waals surface area contributed by atoms with Crippen molar-refractivity contribution >= 4 is 46.6 Å². The molecule has 0 spiro atoms. The molecule has 43 heavy (non-hydrogen) atoms. The topological polar surface area (TPSA) is 111 Å².